The summed E-state index contributed by atoms with van der Waals surface area (Å²) in [5.41, 5.74) is -0.497. The van der Waals surface area contributed by atoms with Crippen LogP contribution in [-0.4, -0.2) is 52.1 Å². The van der Waals surface area contributed by atoms with E-state index in [0.29, 0.717) is 18.1 Å². The van der Waals surface area contributed by atoms with E-state index in [2.05, 4.69) is 5.32 Å². The third-order valence-corrected chi connectivity index (χ3v) is 5.50. The number of benzene rings is 1. The molecule has 10 heteroatoms. The monoisotopic (exact) mass is 413 g/mol. The van der Waals surface area contributed by atoms with E-state index in [4.69, 9.17) is 14.2 Å². The van der Waals surface area contributed by atoms with Crippen molar-refractivity contribution in [1.29, 1.82) is 0 Å². The number of hydrogen-bond acceptors (Lipinski definition) is 7. The first kappa shape index (κ1) is 18.5. The van der Waals surface area contributed by atoms with Crippen molar-refractivity contribution in [3.05, 3.63) is 51.4 Å². The highest BCUT2D eigenvalue weighted by molar-refractivity contribution is 5.99. The molecule has 30 heavy (non-hydrogen) atoms. The number of fused-ring (bicyclic) bond motifs is 3. The van der Waals surface area contributed by atoms with E-state index in [1.807, 2.05) is 6.92 Å². The van der Waals surface area contributed by atoms with Gasteiger partial charge in [-0.05, 0) is 24.6 Å². The molecule has 5 rings (SSSR count). The van der Waals surface area contributed by atoms with Crippen LogP contribution in [0, 0.1) is 0 Å². The van der Waals surface area contributed by atoms with Gasteiger partial charge in [0.1, 0.15) is 5.56 Å². The van der Waals surface area contributed by atoms with Crippen LogP contribution in [0.2, 0.25) is 0 Å². The molecule has 1 aromatic heterocycles. The van der Waals surface area contributed by atoms with Crippen molar-refractivity contribution in [3.8, 4) is 17.2 Å². The molecule has 3 aliphatic rings. The van der Waals surface area contributed by atoms with Crippen LogP contribution in [0.1, 0.15) is 33.3 Å². The first-order valence-corrected chi connectivity index (χ1v) is 9.51. The minimum atomic E-state index is -0.885. The lowest BCUT2D eigenvalue weighted by Gasteiger charge is -2.33. The van der Waals surface area contributed by atoms with E-state index < -0.39 is 29.2 Å². The third kappa shape index (κ3) is 2.79. The molecule has 156 valence electrons. The number of amides is 2. The molecule has 1 saturated heterocycles. The number of rotatable bonds is 3. The highest BCUT2D eigenvalue weighted by atomic mass is 16.7. The van der Waals surface area contributed by atoms with Gasteiger partial charge in [-0.1, -0.05) is 6.07 Å². The van der Waals surface area contributed by atoms with Crippen LogP contribution in [0.15, 0.2) is 29.2 Å². The molecule has 0 saturated carbocycles. The van der Waals surface area contributed by atoms with Crippen LogP contribution < -0.4 is 20.2 Å². The molecule has 10 nitrogen and oxygen atoms in total. The van der Waals surface area contributed by atoms with Crippen molar-refractivity contribution < 1.29 is 28.9 Å². The summed E-state index contributed by atoms with van der Waals surface area (Å²) in [5.74, 6) is -0.655. The maximum absolute atomic E-state index is 12.8. The van der Waals surface area contributed by atoms with Crippen LogP contribution in [0.4, 0.5) is 0 Å². The van der Waals surface area contributed by atoms with Gasteiger partial charge in [0.25, 0.3) is 11.8 Å². The van der Waals surface area contributed by atoms with Crippen molar-refractivity contribution in [2.75, 3.05) is 13.4 Å². The van der Waals surface area contributed by atoms with Gasteiger partial charge in [0.15, 0.2) is 29.2 Å². The number of pyridine rings is 1. The van der Waals surface area contributed by atoms with Gasteiger partial charge in [0, 0.05) is 12.7 Å². The third-order valence-electron chi connectivity index (χ3n) is 5.50. The van der Waals surface area contributed by atoms with Crippen LogP contribution in [0.25, 0.3) is 0 Å². The Morgan fingerprint density at radius 1 is 1.27 bits per heavy atom. The van der Waals surface area contributed by atoms with Crippen molar-refractivity contribution in [3.63, 3.8) is 0 Å². The van der Waals surface area contributed by atoms with Gasteiger partial charge in [-0.3, -0.25) is 14.4 Å². The number of nitrogens with one attached hydrogen (secondary N) is 1. The Morgan fingerprint density at radius 2 is 2.07 bits per heavy atom. The molecule has 4 heterocycles. The summed E-state index contributed by atoms with van der Waals surface area (Å²) in [6, 6.07) is 5.10. The van der Waals surface area contributed by atoms with Gasteiger partial charge in [0.05, 0.1) is 19.2 Å². The smallest absolute Gasteiger partial charge is 0.276 e. The number of hydrogen-bond donors (Lipinski definition) is 2. The second-order valence-electron chi connectivity index (χ2n) is 7.44. The molecule has 3 aliphatic heterocycles. The molecule has 0 bridgehead atoms. The molecule has 0 radical (unpaired) electrons. The Kier molecular flexibility index (Phi) is 4.17. The molecule has 1 aromatic carbocycles. The summed E-state index contributed by atoms with van der Waals surface area (Å²) in [4.78, 5) is 39.5. The van der Waals surface area contributed by atoms with Crippen molar-refractivity contribution >= 4 is 11.8 Å². The SMILES string of the molecule is C[C@H]1CO[C@@H]2Cn3cc(C(=O)NCc4ccc5c(c4)OCO5)c(=O)c(O)c3C(=O)N12. The second-order valence-corrected chi connectivity index (χ2v) is 7.44. The zero-order valence-corrected chi connectivity index (χ0v) is 16.1. The lowest BCUT2D eigenvalue weighted by molar-refractivity contribution is 0.00624. The summed E-state index contributed by atoms with van der Waals surface area (Å²) >= 11 is 0. The molecule has 1 fully saturated rings. The summed E-state index contributed by atoms with van der Waals surface area (Å²) in [7, 11) is 0. The molecule has 0 unspecified atom stereocenters. The summed E-state index contributed by atoms with van der Waals surface area (Å²) < 4.78 is 17.6. The Morgan fingerprint density at radius 3 is 2.90 bits per heavy atom. The highest BCUT2D eigenvalue weighted by Gasteiger charge is 2.42. The lowest BCUT2D eigenvalue weighted by Crippen LogP contribution is -2.49. The van der Waals surface area contributed by atoms with Gasteiger partial charge in [-0.2, -0.15) is 0 Å². The number of nitrogens with zero attached hydrogens (tertiary/aromatic N) is 2. The molecular formula is C20H19N3O7. The van der Waals surface area contributed by atoms with E-state index in [9.17, 15) is 19.5 Å². The first-order valence-electron chi connectivity index (χ1n) is 9.51. The summed E-state index contributed by atoms with van der Waals surface area (Å²) in [6.07, 6.45) is 0.806. The van der Waals surface area contributed by atoms with Gasteiger partial charge < -0.3 is 34.1 Å². The number of carbonyl (C=O) groups is 2. The summed E-state index contributed by atoms with van der Waals surface area (Å²) in [5, 5.41) is 13.1. The minimum Gasteiger partial charge on any atom is -0.503 e. The Hall–Kier alpha value is -3.53. The van der Waals surface area contributed by atoms with Crippen LogP contribution in [-0.2, 0) is 17.8 Å². The standard InChI is InChI=1S/C20H19N3O7/c1-10-8-28-15-7-22-6-12(17(24)18(25)16(22)20(27)23(10)15)19(26)21-5-11-2-3-13-14(4-11)30-9-29-13/h2-4,6,10,15,25H,5,7-9H2,1H3,(H,21,26)/t10-,15+/m0/s1. The van der Waals surface area contributed by atoms with Crippen LogP contribution in [0.3, 0.4) is 0 Å². The van der Waals surface area contributed by atoms with Crippen molar-refractivity contribution in [2.45, 2.75) is 32.3 Å². The van der Waals surface area contributed by atoms with E-state index in [0.717, 1.165) is 5.56 Å². The number of ether oxygens (including phenoxy) is 3. The average molecular weight is 413 g/mol. The highest BCUT2D eigenvalue weighted by Crippen LogP contribution is 2.32. The Bertz CT molecular complexity index is 1130. The van der Waals surface area contributed by atoms with Crippen molar-refractivity contribution in [2.24, 2.45) is 0 Å². The number of aromatic hydroxyl groups is 1. The van der Waals surface area contributed by atoms with E-state index >= 15 is 0 Å². The molecule has 0 spiro atoms. The Labute approximate surface area is 170 Å². The second kappa shape index (κ2) is 6.77. The maximum Gasteiger partial charge on any atom is 0.276 e. The molecule has 2 atom stereocenters. The number of aromatic nitrogens is 1. The quantitative estimate of drug-likeness (QED) is 0.748. The minimum absolute atomic E-state index is 0.124. The van der Waals surface area contributed by atoms with E-state index in [-0.39, 0.29) is 37.2 Å². The largest absolute Gasteiger partial charge is 0.503 e. The van der Waals surface area contributed by atoms with Crippen LogP contribution >= 0.6 is 0 Å². The molecule has 2 aromatic rings. The number of carbonyl (C=O) groups excluding carboxylic acids is 2. The predicted molar refractivity (Wildman–Crippen MR) is 101 cm³/mol. The van der Waals surface area contributed by atoms with E-state index in [1.165, 1.54) is 15.7 Å². The fraction of sp³-hybridized carbons (Fsp3) is 0.350. The predicted octanol–water partition coefficient (Wildman–Crippen LogP) is 0.413. The van der Waals surface area contributed by atoms with Gasteiger partial charge in [-0.25, -0.2) is 0 Å². The van der Waals surface area contributed by atoms with Gasteiger partial charge >= 0.3 is 0 Å². The fourth-order valence-corrected chi connectivity index (χ4v) is 3.97. The van der Waals surface area contributed by atoms with Gasteiger partial charge in [-0.15, -0.1) is 0 Å². The fourth-order valence-electron chi connectivity index (χ4n) is 3.97. The average Bonchev–Trinajstić information content (AvgIpc) is 3.35. The topological polar surface area (TPSA) is 119 Å². The summed E-state index contributed by atoms with van der Waals surface area (Å²) in [6.45, 7) is 2.73. The zero-order chi connectivity index (χ0) is 21.0. The first-order chi connectivity index (χ1) is 14.4. The molecule has 0 aliphatic carbocycles. The Balaban J connectivity index is 1.40. The molecule has 2 amide bonds. The zero-order valence-electron chi connectivity index (χ0n) is 16.1. The van der Waals surface area contributed by atoms with Crippen LogP contribution in [0.5, 0.6) is 17.2 Å². The molecular weight excluding hydrogens is 394 g/mol. The van der Waals surface area contributed by atoms with Crippen molar-refractivity contribution in [1.82, 2.24) is 14.8 Å². The maximum atomic E-state index is 12.8. The lowest BCUT2D eigenvalue weighted by atomic mass is 10.1. The van der Waals surface area contributed by atoms with E-state index in [1.54, 1.807) is 18.2 Å². The molecule has 2 N–H and O–H groups in total. The van der Waals surface area contributed by atoms with Gasteiger partial charge in [0.2, 0.25) is 12.2 Å². The normalized spacial score (nSPS) is 21.4.